The summed E-state index contributed by atoms with van der Waals surface area (Å²) in [6, 6.07) is 10.4. The second-order valence-corrected chi connectivity index (χ2v) is 8.08. The molecule has 10 heteroatoms. The molecule has 1 amide bonds. The number of methoxy groups -OCH3 is 1. The monoisotopic (exact) mass is 478 g/mol. The first kappa shape index (κ1) is 22.2. The quantitative estimate of drug-likeness (QED) is 0.536. The van der Waals surface area contributed by atoms with Crippen LogP contribution < -0.4 is 15.4 Å². The van der Waals surface area contributed by atoms with Crippen LogP contribution in [0.1, 0.15) is 16.1 Å². The highest BCUT2D eigenvalue weighted by Crippen LogP contribution is 2.36. The lowest BCUT2D eigenvalue weighted by molar-refractivity contribution is 0.0744. The summed E-state index contributed by atoms with van der Waals surface area (Å²) in [5.41, 5.74) is 8.04. The Bertz CT molecular complexity index is 1150. The molecule has 4 rings (SSSR count). The van der Waals surface area contributed by atoms with Gasteiger partial charge in [-0.3, -0.25) is 4.79 Å². The molecular weight excluding hydrogens is 458 g/mol. The van der Waals surface area contributed by atoms with E-state index in [9.17, 15) is 9.18 Å². The summed E-state index contributed by atoms with van der Waals surface area (Å²) in [5, 5.41) is 4.86. The van der Waals surface area contributed by atoms with Crippen LogP contribution in [0, 0.1) is 0 Å². The van der Waals surface area contributed by atoms with E-state index in [1.165, 1.54) is 7.11 Å². The first-order valence-electron chi connectivity index (χ1n) is 9.91. The Morgan fingerprint density at radius 2 is 1.91 bits per heavy atom. The van der Waals surface area contributed by atoms with Gasteiger partial charge in [-0.2, -0.15) is 0 Å². The maximum atomic E-state index is 13.6. The van der Waals surface area contributed by atoms with Crippen molar-refractivity contribution in [2.75, 3.05) is 43.9 Å². The Labute approximate surface area is 194 Å². The van der Waals surface area contributed by atoms with Crippen molar-refractivity contribution in [2.45, 2.75) is 6.67 Å². The Hall–Kier alpha value is -2.97. The van der Waals surface area contributed by atoms with E-state index in [1.54, 1.807) is 41.3 Å². The summed E-state index contributed by atoms with van der Waals surface area (Å²) in [6.45, 7) is 0.905. The van der Waals surface area contributed by atoms with Crippen LogP contribution in [0.5, 0.6) is 5.75 Å². The van der Waals surface area contributed by atoms with Crippen molar-refractivity contribution in [1.82, 2.24) is 10.1 Å². The zero-order valence-electron chi connectivity index (χ0n) is 17.3. The van der Waals surface area contributed by atoms with Crippen LogP contribution in [-0.2, 0) is 6.67 Å². The zero-order valence-corrected chi connectivity index (χ0v) is 18.8. The maximum Gasteiger partial charge on any atom is 0.259 e. The molecule has 1 aliphatic heterocycles. The lowest BCUT2D eigenvalue weighted by Gasteiger charge is -2.36. The van der Waals surface area contributed by atoms with E-state index in [1.807, 2.05) is 4.90 Å². The molecule has 2 heterocycles. The molecule has 1 fully saturated rings. The van der Waals surface area contributed by atoms with Gasteiger partial charge in [0.2, 0.25) is 0 Å². The SMILES string of the molecule is COc1ccccc1-c1noc(CF)c1C(=O)N1CCN(c2cc(N)c(Cl)cc2Cl)CC1. The Morgan fingerprint density at radius 3 is 2.59 bits per heavy atom. The molecule has 3 aromatic rings. The van der Waals surface area contributed by atoms with E-state index >= 15 is 0 Å². The van der Waals surface area contributed by atoms with Crippen molar-refractivity contribution in [3.8, 4) is 17.0 Å². The van der Waals surface area contributed by atoms with Crippen LogP contribution >= 0.6 is 23.2 Å². The zero-order chi connectivity index (χ0) is 22.8. The van der Waals surface area contributed by atoms with E-state index in [2.05, 4.69) is 5.16 Å². The minimum Gasteiger partial charge on any atom is -0.496 e. The number of alkyl halides is 1. The molecule has 2 N–H and O–H groups in total. The van der Waals surface area contributed by atoms with Gasteiger partial charge in [0.25, 0.3) is 5.91 Å². The molecule has 7 nitrogen and oxygen atoms in total. The molecule has 2 aromatic carbocycles. The second kappa shape index (κ2) is 9.26. The van der Waals surface area contributed by atoms with Crippen molar-refractivity contribution in [2.24, 2.45) is 0 Å². The van der Waals surface area contributed by atoms with Crippen molar-refractivity contribution >= 4 is 40.5 Å². The predicted octanol–water partition coefficient (Wildman–Crippen LogP) is 4.67. The van der Waals surface area contributed by atoms with Gasteiger partial charge < -0.3 is 24.8 Å². The van der Waals surface area contributed by atoms with Gasteiger partial charge in [-0.15, -0.1) is 0 Å². The third-order valence-electron chi connectivity index (χ3n) is 5.43. The summed E-state index contributed by atoms with van der Waals surface area (Å²) in [5.74, 6) is 0.0630. The lowest BCUT2D eigenvalue weighted by atomic mass is 10.0. The number of ether oxygens (including phenoxy) is 1. The van der Waals surface area contributed by atoms with Crippen molar-refractivity contribution in [3.63, 3.8) is 0 Å². The molecule has 1 aromatic heterocycles. The smallest absolute Gasteiger partial charge is 0.259 e. The Morgan fingerprint density at radius 1 is 1.19 bits per heavy atom. The number of hydrogen-bond acceptors (Lipinski definition) is 6. The Kier molecular flexibility index (Phi) is 6.43. The van der Waals surface area contributed by atoms with Crippen LogP contribution in [-0.4, -0.2) is 49.3 Å². The van der Waals surface area contributed by atoms with Gasteiger partial charge in [0.05, 0.1) is 28.5 Å². The summed E-state index contributed by atoms with van der Waals surface area (Å²) < 4.78 is 24.2. The van der Waals surface area contributed by atoms with Crippen LogP contribution in [0.4, 0.5) is 15.8 Å². The van der Waals surface area contributed by atoms with Crippen molar-refractivity contribution < 1.29 is 18.4 Å². The van der Waals surface area contributed by atoms with Gasteiger partial charge in [-0.25, -0.2) is 4.39 Å². The van der Waals surface area contributed by atoms with Crippen LogP contribution in [0.25, 0.3) is 11.3 Å². The number of hydrogen-bond donors (Lipinski definition) is 1. The van der Waals surface area contributed by atoms with Gasteiger partial charge in [-0.05, 0) is 24.3 Å². The third kappa shape index (κ3) is 4.08. The third-order valence-corrected chi connectivity index (χ3v) is 6.06. The molecule has 168 valence electrons. The number of carbonyl (C=O) groups excluding carboxylic acids is 1. The minimum atomic E-state index is -0.942. The van der Waals surface area contributed by atoms with Crippen LogP contribution in [0.3, 0.4) is 0 Å². The number of nitrogen functional groups attached to an aromatic ring is 1. The number of benzene rings is 2. The van der Waals surface area contributed by atoms with E-state index in [-0.39, 0.29) is 22.9 Å². The molecule has 0 aliphatic carbocycles. The van der Waals surface area contributed by atoms with Crippen molar-refractivity contribution in [3.05, 3.63) is 57.8 Å². The highest BCUT2D eigenvalue weighted by molar-refractivity contribution is 6.37. The molecule has 0 atom stereocenters. The molecule has 1 aliphatic rings. The lowest BCUT2D eigenvalue weighted by Crippen LogP contribution is -2.49. The molecule has 0 unspecified atom stereocenters. The number of rotatable bonds is 5. The maximum absolute atomic E-state index is 13.6. The molecule has 0 spiro atoms. The summed E-state index contributed by atoms with van der Waals surface area (Å²) >= 11 is 12.4. The largest absolute Gasteiger partial charge is 0.496 e. The number of halogens is 3. The number of nitrogens with zero attached hydrogens (tertiary/aromatic N) is 3. The number of amides is 1. The van der Waals surface area contributed by atoms with E-state index in [0.29, 0.717) is 53.2 Å². The second-order valence-electron chi connectivity index (χ2n) is 7.27. The molecule has 0 bridgehead atoms. The summed E-state index contributed by atoms with van der Waals surface area (Å²) in [7, 11) is 1.52. The predicted molar refractivity (Wildman–Crippen MR) is 122 cm³/mol. The molecular formula is C22H21Cl2FN4O3. The van der Waals surface area contributed by atoms with Crippen LogP contribution in [0.15, 0.2) is 40.9 Å². The van der Waals surface area contributed by atoms with Gasteiger partial charge >= 0.3 is 0 Å². The average molecular weight is 479 g/mol. The first-order chi connectivity index (χ1) is 15.4. The fourth-order valence-electron chi connectivity index (χ4n) is 3.76. The molecule has 0 saturated carbocycles. The first-order valence-corrected chi connectivity index (χ1v) is 10.7. The number of aromatic nitrogens is 1. The van der Waals surface area contributed by atoms with Gasteiger partial charge in [0, 0.05) is 31.7 Å². The Balaban J connectivity index is 1.58. The number of para-hydroxylation sites is 1. The number of anilines is 2. The minimum absolute atomic E-state index is 0.105. The fourth-order valence-corrected chi connectivity index (χ4v) is 4.27. The topological polar surface area (TPSA) is 84.8 Å². The van der Waals surface area contributed by atoms with E-state index in [4.69, 9.17) is 38.2 Å². The fraction of sp³-hybridized carbons (Fsp3) is 0.273. The molecule has 1 saturated heterocycles. The highest BCUT2D eigenvalue weighted by atomic mass is 35.5. The summed E-state index contributed by atoms with van der Waals surface area (Å²) in [6.07, 6.45) is 0. The van der Waals surface area contributed by atoms with Gasteiger partial charge in [0.1, 0.15) is 17.0 Å². The van der Waals surface area contributed by atoms with E-state index < -0.39 is 6.67 Å². The van der Waals surface area contributed by atoms with Crippen LogP contribution in [0.2, 0.25) is 10.0 Å². The van der Waals surface area contributed by atoms with Gasteiger partial charge in [0.15, 0.2) is 12.4 Å². The molecule has 0 radical (unpaired) electrons. The average Bonchev–Trinajstić information content (AvgIpc) is 3.25. The van der Waals surface area contributed by atoms with Gasteiger partial charge in [-0.1, -0.05) is 40.5 Å². The number of piperazine rings is 1. The summed E-state index contributed by atoms with van der Waals surface area (Å²) in [4.78, 5) is 17.1. The van der Waals surface area contributed by atoms with Crippen molar-refractivity contribution in [1.29, 1.82) is 0 Å². The standard InChI is InChI=1S/C22H21Cl2FN4O3/c1-31-18-5-3-2-4-13(18)21-20(19(12-25)32-27-21)22(30)29-8-6-28(7-9-29)17-11-16(26)14(23)10-15(17)24/h2-5,10-11H,6-9,12,26H2,1H3. The van der Waals surface area contributed by atoms with E-state index in [0.717, 1.165) is 5.69 Å². The number of carbonyl (C=O) groups is 1. The molecule has 32 heavy (non-hydrogen) atoms. The normalized spacial score (nSPS) is 14.0. The number of nitrogens with two attached hydrogens (primary N) is 1. The highest BCUT2D eigenvalue weighted by Gasteiger charge is 2.31.